The zero-order chi connectivity index (χ0) is 11.0. The number of aromatic amines is 1. The van der Waals surface area contributed by atoms with E-state index in [9.17, 15) is 0 Å². The van der Waals surface area contributed by atoms with Gasteiger partial charge in [-0.1, -0.05) is 15.9 Å². The van der Waals surface area contributed by atoms with Crippen LogP contribution in [0.1, 0.15) is 24.6 Å². The zero-order valence-electron chi connectivity index (χ0n) is 8.87. The normalized spacial score (nSPS) is 18.1. The van der Waals surface area contributed by atoms with Gasteiger partial charge >= 0.3 is 0 Å². The third kappa shape index (κ3) is 1.87. The fourth-order valence-electron chi connectivity index (χ4n) is 2.17. The minimum absolute atomic E-state index is 0.528. The van der Waals surface area contributed by atoms with Crippen molar-refractivity contribution in [3.05, 3.63) is 28.5 Å². The van der Waals surface area contributed by atoms with Gasteiger partial charge in [0.2, 0.25) is 0 Å². The van der Waals surface area contributed by atoms with Gasteiger partial charge in [0.25, 0.3) is 0 Å². The number of ether oxygens (including phenoxy) is 1. The fourth-order valence-corrected chi connectivity index (χ4v) is 2.53. The Labute approximate surface area is 102 Å². The first-order chi connectivity index (χ1) is 7.83. The molecule has 0 saturated carbocycles. The van der Waals surface area contributed by atoms with Crippen LogP contribution in [0.2, 0.25) is 0 Å². The number of benzene rings is 1. The minimum Gasteiger partial charge on any atom is -0.381 e. The highest BCUT2D eigenvalue weighted by molar-refractivity contribution is 9.10. The number of fused-ring (bicyclic) bond motifs is 1. The predicted molar refractivity (Wildman–Crippen MR) is 66.6 cm³/mol. The summed E-state index contributed by atoms with van der Waals surface area (Å²) in [7, 11) is 0. The standard InChI is InChI=1S/C12H13BrN2O/c13-9-1-2-10-11(7-9)15-12(14-10)8-3-5-16-6-4-8/h1-2,7-8H,3-6H2,(H,14,15). The van der Waals surface area contributed by atoms with Crippen molar-refractivity contribution < 1.29 is 4.74 Å². The van der Waals surface area contributed by atoms with Crippen LogP contribution in [-0.4, -0.2) is 23.2 Å². The van der Waals surface area contributed by atoms with E-state index < -0.39 is 0 Å². The number of nitrogens with one attached hydrogen (secondary N) is 1. The van der Waals surface area contributed by atoms with E-state index in [0.29, 0.717) is 5.92 Å². The van der Waals surface area contributed by atoms with Crippen molar-refractivity contribution in [2.45, 2.75) is 18.8 Å². The second-order valence-corrected chi connectivity index (χ2v) is 5.09. The number of rotatable bonds is 1. The molecule has 1 aromatic carbocycles. The Balaban J connectivity index is 1.97. The zero-order valence-corrected chi connectivity index (χ0v) is 10.5. The van der Waals surface area contributed by atoms with Gasteiger partial charge in [-0.15, -0.1) is 0 Å². The lowest BCUT2D eigenvalue weighted by Gasteiger charge is -2.19. The van der Waals surface area contributed by atoms with Crippen LogP contribution in [0.25, 0.3) is 11.0 Å². The smallest absolute Gasteiger partial charge is 0.110 e. The molecule has 3 nitrogen and oxygen atoms in total. The summed E-state index contributed by atoms with van der Waals surface area (Å²) in [5, 5.41) is 0. The van der Waals surface area contributed by atoms with Crippen molar-refractivity contribution in [1.82, 2.24) is 9.97 Å². The number of aromatic nitrogens is 2. The van der Waals surface area contributed by atoms with E-state index in [1.165, 1.54) is 0 Å². The van der Waals surface area contributed by atoms with Crippen molar-refractivity contribution in [1.29, 1.82) is 0 Å². The van der Waals surface area contributed by atoms with Crippen LogP contribution in [0, 0.1) is 0 Å². The summed E-state index contributed by atoms with van der Waals surface area (Å²) < 4.78 is 6.45. The van der Waals surface area contributed by atoms with E-state index in [2.05, 4.69) is 32.0 Å². The average molecular weight is 281 g/mol. The molecule has 0 bridgehead atoms. The molecule has 0 unspecified atom stereocenters. The number of imidazole rings is 1. The molecule has 3 rings (SSSR count). The Morgan fingerprint density at radius 3 is 2.94 bits per heavy atom. The summed E-state index contributed by atoms with van der Waals surface area (Å²) in [5.74, 6) is 1.64. The molecule has 16 heavy (non-hydrogen) atoms. The molecule has 4 heteroatoms. The lowest BCUT2D eigenvalue weighted by molar-refractivity contribution is 0.0838. The number of H-pyrrole nitrogens is 1. The van der Waals surface area contributed by atoms with Crippen LogP contribution in [0.15, 0.2) is 22.7 Å². The second kappa shape index (κ2) is 4.18. The highest BCUT2D eigenvalue weighted by Gasteiger charge is 2.19. The molecule has 84 valence electrons. The van der Waals surface area contributed by atoms with Gasteiger partial charge in [-0.05, 0) is 31.0 Å². The summed E-state index contributed by atoms with van der Waals surface area (Å²) in [6, 6.07) is 6.14. The van der Waals surface area contributed by atoms with Gasteiger partial charge in [0.15, 0.2) is 0 Å². The Morgan fingerprint density at radius 2 is 2.12 bits per heavy atom. The summed E-state index contributed by atoms with van der Waals surface area (Å²) in [6.07, 6.45) is 2.14. The molecule has 2 aromatic rings. The molecule has 0 aliphatic carbocycles. The third-order valence-corrected chi connectivity index (χ3v) is 3.56. The third-order valence-electron chi connectivity index (χ3n) is 3.07. The highest BCUT2D eigenvalue weighted by atomic mass is 79.9. The van der Waals surface area contributed by atoms with Crippen molar-refractivity contribution in [3.8, 4) is 0 Å². The molecular formula is C12H13BrN2O. The maximum absolute atomic E-state index is 5.37. The molecule has 0 amide bonds. The number of nitrogens with zero attached hydrogens (tertiary/aromatic N) is 1. The predicted octanol–water partition coefficient (Wildman–Crippen LogP) is 3.22. The van der Waals surface area contributed by atoms with Gasteiger partial charge in [0.05, 0.1) is 11.0 Å². The van der Waals surface area contributed by atoms with Crippen molar-refractivity contribution >= 4 is 27.0 Å². The summed E-state index contributed by atoms with van der Waals surface area (Å²) in [5.41, 5.74) is 2.15. The number of halogens is 1. The Kier molecular flexibility index (Phi) is 2.69. The number of hydrogen-bond donors (Lipinski definition) is 1. The second-order valence-electron chi connectivity index (χ2n) is 4.17. The molecule has 1 aliphatic heterocycles. The molecule has 1 N–H and O–H groups in total. The number of hydrogen-bond acceptors (Lipinski definition) is 2. The molecule has 1 saturated heterocycles. The molecule has 2 heterocycles. The van der Waals surface area contributed by atoms with E-state index in [1.807, 2.05) is 12.1 Å². The monoisotopic (exact) mass is 280 g/mol. The van der Waals surface area contributed by atoms with Crippen LogP contribution in [0.4, 0.5) is 0 Å². The summed E-state index contributed by atoms with van der Waals surface area (Å²) in [4.78, 5) is 8.06. The largest absolute Gasteiger partial charge is 0.381 e. The SMILES string of the molecule is Brc1ccc2nc(C3CCOCC3)[nH]c2c1. The first-order valence-electron chi connectivity index (χ1n) is 5.56. The van der Waals surface area contributed by atoms with Crippen LogP contribution >= 0.6 is 15.9 Å². The molecule has 1 aliphatic rings. The van der Waals surface area contributed by atoms with Gasteiger partial charge < -0.3 is 9.72 Å². The Hall–Kier alpha value is -0.870. The van der Waals surface area contributed by atoms with Crippen LogP contribution in [0.5, 0.6) is 0 Å². The molecule has 0 radical (unpaired) electrons. The van der Waals surface area contributed by atoms with Gasteiger partial charge in [-0.2, -0.15) is 0 Å². The molecule has 1 aromatic heterocycles. The first-order valence-corrected chi connectivity index (χ1v) is 6.35. The summed E-state index contributed by atoms with van der Waals surface area (Å²) >= 11 is 3.47. The van der Waals surface area contributed by atoms with E-state index in [4.69, 9.17) is 4.74 Å². The first kappa shape index (κ1) is 10.3. The van der Waals surface area contributed by atoms with Crippen LogP contribution < -0.4 is 0 Å². The van der Waals surface area contributed by atoms with Crippen molar-refractivity contribution in [3.63, 3.8) is 0 Å². The molecule has 0 atom stereocenters. The lowest BCUT2D eigenvalue weighted by atomic mass is 10.00. The molecular weight excluding hydrogens is 268 g/mol. The average Bonchev–Trinajstić information content (AvgIpc) is 2.73. The van der Waals surface area contributed by atoms with Gasteiger partial charge in [0, 0.05) is 23.6 Å². The van der Waals surface area contributed by atoms with Crippen LogP contribution in [0.3, 0.4) is 0 Å². The topological polar surface area (TPSA) is 37.9 Å². The van der Waals surface area contributed by atoms with Gasteiger partial charge in [-0.3, -0.25) is 0 Å². The van der Waals surface area contributed by atoms with E-state index in [1.54, 1.807) is 0 Å². The maximum Gasteiger partial charge on any atom is 0.110 e. The fraction of sp³-hybridized carbons (Fsp3) is 0.417. The quantitative estimate of drug-likeness (QED) is 0.871. The molecule has 0 spiro atoms. The summed E-state index contributed by atoms with van der Waals surface area (Å²) in [6.45, 7) is 1.71. The van der Waals surface area contributed by atoms with Crippen molar-refractivity contribution in [2.75, 3.05) is 13.2 Å². The Bertz CT molecular complexity index is 503. The van der Waals surface area contributed by atoms with Crippen LogP contribution in [-0.2, 0) is 4.74 Å². The van der Waals surface area contributed by atoms with Gasteiger partial charge in [0.1, 0.15) is 5.82 Å². The minimum atomic E-state index is 0.528. The maximum atomic E-state index is 5.37. The van der Waals surface area contributed by atoms with E-state index in [0.717, 1.165) is 47.4 Å². The Morgan fingerprint density at radius 1 is 1.31 bits per heavy atom. The highest BCUT2D eigenvalue weighted by Crippen LogP contribution is 2.27. The van der Waals surface area contributed by atoms with E-state index in [-0.39, 0.29) is 0 Å². The van der Waals surface area contributed by atoms with Crippen molar-refractivity contribution in [2.24, 2.45) is 0 Å². The van der Waals surface area contributed by atoms with Gasteiger partial charge in [-0.25, -0.2) is 4.98 Å². The molecule has 1 fully saturated rings. The van der Waals surface area contributed by atoms with E-state index >= 15 is 0 Å². The lowest BCUT2D eigenvalue weighted by Crippen LogP contribution is -2.15.